The topological polar surface area (TPSA) is 32.6 Å². The molecule has 0 spiro atoms. The number of hydrogen-bond donors (Lipinski definition) is 1. The maximum Gasteiger partial charge on any atom is 0.121 e. The minimum absolute atomic E-state index is 0.358. The monoisotopic (exact) mass is 317 g/mol. The quantitative estimate of drug-likeness (QED) is 0.790. The van der Waals surface area contributed by atoms with Gasteiger partial charge >= 0.3 is 0 Å². The van der Waals surface area contributed by atoms with Crippen molar-refractivity contribution in [3.63, 3.8) is 0 Å². The van der Waals surface area contributed by atoms with Gasteiger partial charge in [-0.15, -0.1) is 0 Å². The van der Waals surface area contributed by atoms with E-state index in [0.29, 0.717) is 5.75 Å². The van der Waals surface area contributed by atoms with Gasteiger partial charge in [-0.25, -0.2) is 0 Å². The third-order valence-electron chi connectivity index (χ3n) is 3.02. The van der Waals surface area contributed by atoms with Crippen LogP contribution in [-0.2, 0) is 0 Å². The lowest BCUT2D eigenvalue weighted by molar-refractivity contribution is 0.467. The van der Waals surface area contributed by atoms with Gasteiger partial charge < -0.3 is 5.11 Å². The van der Waals surface area contributed by atoms with E-state index in [4.69, 9.17) is 0 Å². The summed E-state index contributed by atoms with van der Waals surface area (Å²) >= 11 is 3.44. The van der Waals surface area contributed by atoms with Gasteiger partial charge in [-0.1, -0.05) is 15.9 Å². The van der Waals surface area contributed by atoms with Crippen LogP contribution in [0.1, 0.15) is 22.3 Å². The first-order chi connectivity index (χ1) is 8.97. The number of phenolic OH excluding ortho intramolecular Hbond substituents is 1. The zero-order chi connectivity index (χ0) is 14.0. The Morgan fingerprint density at radius 1 is 1.00 bits per heavy atom. The molecule has 0 amide bonds. The number of nitrogens with zero attached hydrogens (tertiary/aromatic N) is 1. The summed E-state index contributed by atoms with van der Waals surface area (Å²) in [5.41, 5.74) is 4.81. The summed E-state index contributed by atoms with van der Waals surface area (Å²) in [6.07, 6.45) is 1.83. The number of phenols is 1. The molecular weight excluding hydrogens is 302 g/mol. The molecule has 2 rings (SSSR count). The third kappa shape index (κ3) is 3.24. The van der Waals surface area contributed by atoms with Crippen molar-refractivity contribution >= 4 is 27.8 Å². The SMILES string of the molecule is Cc1cc(Br)ccc1N=Cc1cc(C)c(O)c(C)c1. The van der Waals surface area contributed by atoms with E-state index in [-0.39, 0.29) is 0 Å². The smallest absolute Gasteiger partial charge is 0.121 e. The lowest BCUT2D eigenvalue weighted by Gasteiger charge is -2.05. The van der Waals surface area contributed by atoms with Crippen LogP contribution in [0.5, 0.6) is 5.75 Å². The highest BCUT2D eigenvalue weighted by Gasteiger charge is 2.02. The van der Waals surface area contributed by atoms with E-state index in [9.17, 15) is 5.11 Å². The van der Waals surface area contributed by atoms with Crippen molar-refractivity contribution in [3.05, 3.63) is 57.1 Å². The Bertz CT molecular complexity index is 624. The zero-order valence-corrected chi connectivity index (χ0v) is 12.8. The largest absolute Gasteiger partial charge is 0.507 e. The van der Waals surface area contributed by atoms with Gasteiger partial charge in [-0.05, 0) is 73.4 Å². The Labute approximate surface area is 122 Å². The lowest BCUT2D eigenvalue weighted by atomic mass is 10.1. The van der Waals surface area contributed by atoms with Crippen molar-refractivity contribution in [2.75, 3.05) is 0 Å². The average Bonchev–Trinajstić information content (AvgIpc) is 2.34. The van der Waals surface area contributed by atoms with Crippen molar-refractivity contribution in [1.82, 2.24) is 0 Å². The Morgan fingerprint density at radius 3 is 2.21 bits per heavy atom. The van der Waals surface area contributed by atoms with Crippen molar-refractivity contribution in [2.45, 2.75) is 20.8 Å². The predicted molar refractivity (Wildman–Crippen MR) is 83.7 cm³/mol. The van der Waals surface area contributed by atoms with Crippen LogP contribution >= 0.6 is 15.9 Å². The van der Waals surface area contributed by atoms with E-state index >= 15 is 0 Å². The van der Waals surface area contributed by atoms with Gasteiger partial charge in [0.1, 0.15) is 5.75 Å². The minimum Gasteiger partial charge on any atom is -0.507 e. The maximum atomic E-state index is 9.74. The second-order valence-corrected chi connectivity index (χ2v) is 5.61. The van der Waals surface area contributed by atoms with Crippen LogP contribution < -0.4 is 0 Å². The molecule has 0 aliphatic heterocycles. The van der Waals surface area contributed by atoms with E-state index < -0.39 is 0 Å². The summed E-state index contributed by atoms with van der Waals surface area (Å²) in [6.45, 7) is 5.82. The molecule has 0 bridgehead atoms. The maximum absolute atomic E-state index is 9.74. The molecule has 0 radical (unpaired) electrons. The fourth-order valence-electron chi connectivity index (χ4n) is 1.97. The minimum atomic E-state index is 0.358. The lowest BCUT2D eigenvalue weighted by Crippen LogP contribution is -1.87. The molecular formula is C16H16BrNO. The highest BCUT2D eigenvalue weighted by molar-refractivity contribution is 9.10. The number of aromatic hydroxyl groups is 1. The van der Waals surface area contributed by atoms with Crippen molar-refractivity contribution in [1.29, 1.82) is 0 Å². The normalized spacial score (nSPS) is 11.2. The summed E-state index contributed by atoms with van der Waals surface area (Å²) in [6, 6.07) is 9.86. The fourth-order valence-corrected chi connectivity index (χ4v) is 2.45. The fraction of sp³-hybridized carbons (Fsp3) is 0.188. The van der Waals surface area contributed by atoms with Crippen LogP contribution in [0.4, 0.5) is 5.69 Å². The third-order valence-corrected chi connectivity index (χ3v) is 3.52. The van der Waals surface area contributed by atoms with E-state index in [1.54, 1.807) is 0 Å². The molecule has 2 aromatic carbocycles. The van der Waals surface area contributed by atoms with Crippen molar-refractivity contribution in [2.24, 2.45) is 4.99 Å². The number of benzene rings is 2. The standard InChI is InChI=1S/C16H16BrNO/c1-10-8-14(17)4-5-15(10)18-9-13-6-11(2)16(19)12(3)7-13/h4-9,19H,1-3H3. The highest BCUT2D eigenvalue weighted by atomic mass is 79.9. The molecule has 3 heteroatoms. The number of halogens is 1. The number of aryl methyl sites for hydroxylation is 3. The summed E-state index contributed by atoms with van der Waals surface area (Å²) in [4.78, 5) is 4.50. The van der Waals surface area contributed by atoms with Crippen molar-refractivity contribution < 1.29 is 5.11 Å². The molecule has 98 valence electrons. The highest BCUT2D eigenvalue weighted by Crippen LogP contribution is 2.24. The zero-order valence-electron chi connectivity index (χ0n) is 11.2. The first kappa shape index (κ1) is 13.8. The van der Waals surface area contributed by atoms with Crippen LogP contribution in [0, 0.1) is 20.8 Å². The molecule has 2 aromatic rings. The van der Waals surface area contributed by atoms with Crippen LogP contribution in [0.25, 0.3) is 0 Å². The van der Waals surface area contributed by atoms with Gasteiger partial charge in [0, 0.05) is 10.7 Å². The van der Waals surface area contributed by atoms with Crippen molar-refractivity contribution in [3.8, 4) is 5.75 Å². The van der Waals surface area contributed by atoms with E-state index in [0.717, 1.165) is 32.4 Å². The number of aliphatic imine (C=N–C) groups is 1. The average molecular weight is 318 g/mol. The van der Waals surface area contributed by atoms with Crippen LogP contribution in [0.3, 0.4) is 0 Å². The van der Waals surface area contributed by atoms with E-state index in [1.807, 2.05) is 57.3 Å². The van der Waals surface area contributed by atoms with Gasteiger partial charge in [0.25, 0.3) is 0 Å². The predicted octanol–water partition coefficient (Wildman–Crippen LogP) is 4.83. The van der Waals surface area contributed by atoms with Gasteiger partial charge in [-0.3, -0.25) is 4.99 Å². The Kier molecular flexibility index (Phi) is 4.05. The molecule has 1 N–H and O–H groups in total. The van der Waals surface area contributed by atoms with Crippen LogP contribution in [0.2, 0.25) is 0 Å². The van der Waals surface area contributed by atoms with Crippen LogP contribution in [-0.4, -0.2) is 11.3 Å². The Morgan fingerprint density at radius 2 is 1.63 bits per heavy atom. The van der Waals surface area contributed by atoms with E-state index in [2.05, 4.69) is 20.9 Å². The molecule has 19 heavy (non-hydrogen) atoms. The number of rotatable bonds is 2. The Balaban J connectivity index is 2.32. The molecule has 0 unspecified atom stereocenters. The van der Waals surface area contributed by atoms with E-state index in [1.165, 1.54) is 0 Å². The summed E-state index contributed by atoms with van der Waals surface area (Å²) in [7, 11) is 0. The molecule has 0 heterocycles. The van der Waals surface area contributed by atoms with Gasteiger partial charge in [0.05, 0.1) is 5.69 Å². The molecule has 0 aliphatic carbocycles. The second-order valence-electron chi connectivity index (χ2n) is 4.69. The van der Waals surface area contributed by atoms with Gasteiger partial charge in [-0.2, -0.15) is 0 Å². The second kappa shape index (κ2) is 5.57. The van der Waals surface area contributed by atoms with Crippen LogP contribution in [0.15, 0.2) is 39.8 Å². The molecule has 0 fully saturated rings. The summed E-state index contributed by atoms with van der Waals surface area (Å²) in [5.74, 6) is 0.358. The molecule has 0 atom stereocenters. The van der Waals surface area contributed by atoms with Gasteiger partial charge in [0.15, 0.2) is 0 Å². The molecule has 0 saturated carbocycles. The Hall–Kier alpha value is -1.61. The summed E-state index contributed by atoms with van der Waals surface area (Å²) in [5, 5.41) is 9.74. The molecule has 2 nitrogen and oxygen atoms in total. The molecule has 0 saturated heterocycles. The first-order valence-electron chi connectivity index (χ1n) is 6.08. The summed E-state index contributed by atoms with van der Waals surface area (Å²) < 4.78 is 1.06. The first-order valence-corrected chi connectivity index (χ1v) is 6.87. The molecule has 0 aromatic heterocycles. The van der Waals surface area contributed by atoms with Gasteiger partial charge in [0.2, 0.25) is 0 Å². The number of hydrogen-bond acceptors (Lipinski definition) is 2. The molecule has 0 aliphatic rings.